The standard InChI is InChI=1S/C16H18F2N2O3/c1-23-5-4-20-15(21)12-8-19(9-13(12)16(20)22)7-10-6-11(17)2-3-14(10)18/h2-3,6,12-13H,4-5,7-9H2,1H3/t12-,13+. The van der Waals surface area contributed by atoms with E-state index in [-0.39, 0.29) is 30.5 Å². The smallest absolute Gasteiger partial charge is 0.234 e. The molecule has 2 fully saturated rings. The molecule has 7 heteroatoms. The highest BCUT2D eigenvalue weighted by Gasteiger charge is 2.51. The van der Waals surface area contributed by atoms with Crippen LogP contribution in [0.1, 0.15) is 5.56 Å². The molecule has 3 rings (SSSR count). The van der Waals surface area contributed by atoms with E-state index in [1.54, 1.807) is 0 Å². The van der Waals surface area contributed by atoms with Crippen LogP contribution >= 0.6 is 0 Å². The summed E-state index contributed by atoms with van der Waals surface area (Å²) in [5.41, 5.74) is 0.237. The zero-order chi connectivity index (χ0) is 16.6. The van der Waals surface area contributed by atoms with E-state index in [0.717, 1.165) is 18.2 Å². The predicted molar refractivity (Wildman–Crippen MR) is 77.2 cm³/mol. The molecule has 0 unspecified atom stereocenters. The number of imide groups is 1. The highest BCUT2D eigenvalue weighted by molar-refractivity contribution is 6.05. The maximum Gasteiger partial charge on any atom is 0.234 e. The van der Waals surface area contributed by atoms with Crippen molar-refractivity contribution >= 4 is 11.8 Å². The van der Waals surface area contributed by atoms with E-state index >= 15 is 0 Å². The third kappa shape index (κ3) is 2.98. The zero-order valence-electron chi connectivity index (χ0n) is 12.8. The summed E-state index contributed by atoms with van der Waals surface area (Å²) in [7, 11) is 1.52. The van der Waals surface area contributed by atoms with Crippen molar-refractivity contribution < 1.29 is 23.1 Å². The lowest BCUT2D eigenvalue weighted by Crippen LogP contribution is -2.37. The first-order chi connectivity index (χ1) is 11.0. The average molecular weight is 324 g/mol. The molecule has 1 aromatic carbocycles. The lowest BCUT2D eigenvalue weighted by molar-refractivity contribution is -0.141. The second-order valence-electron chi connectivity index (χ2n) is 5.96. The summed E-state index contributed by atoms with van der Waals surface area (Å²) in [4.78, 5) is 27.7. The number of carbonyl (C=O) groups is 2. The molecule has 0 bridgehead atoms. The molecule has 2 aliphatic rings. The minimum atomic E-state index is -0.501. The monoisotopic (exact) mass is 324 g/mol. The summed E-state index contributed by atoms with van der Waals surface area (Å²) in [5.74, 6) is -2.16. The SMILES string of the molecule is COCCN1C(=O)[C@H]2CN(Cc3cc(F)ccc3F)C[C@H]2C1=O. The van der Waals surface area contributed by atoms with Crippen LogP contribution in [0.3, 0.4) is 0 Å². The fourth-order valence-corrected chi connectivity index (χ4v) is 3.33. The van der Waals surface area contributed by atoms with Crippen molar-refractivity contribution in [2.45, 2.75) is 6.54 Å². The number of carbonyl (C=O) groups excluding carboxylic acids is 2. The van der Waals surface area contributed by atoms with E-state index in [0.29, 0.717) is 19.7 Å². The van der Waals surface area contributed by atoms with Gasteiger partial charge in [0.2, 0.25) is 11.8 Å². The van der Waals surface area contributed by atoms with Gasteiger partial charge in [-0.2, -0.15) is 0 Å². The van der Waals surface area contributed by atoms with Gasteiger partial charge in [0.25, 0.3) is 0 Å². The Kier molecular flexibility index (Phi) is 4.41. The summed E-state index contributed by atoms with van der Waals surface area (Å²) in [5, 5.41) is 0. The highest BCUT2D eigenvalue weighted by Crippen LogP contribution is 2.34. The van der Waals surface area contributed by atoms with Crippen LogP contribution in [0.25, 0.3) is 0 Å². The molecule has 2 saturated heterocycles. The van der Waals surface area contributed by atoms with Gasteiger partial charge in [-0.25, -0.2) is 8.78 Å². The molecule has 0 N–H and O–H groups in total. The van der Waals surface area contributed by atoms with Gasteiger partial charge in [-0.15, -0.1) is 0 Å². The Labute approximate surface area is 132 Å². The van der Waals surface area contributed by atoms with Gasteiger partial charge in [-0.1, -0.05) is 0 Å². The Morgan fingerprint density at radius 1 is 1.17 bits per heavy atom. The number of hydrogen-bond acceptors (Lipinski definition) is 4. The van der Waals surface area contributed by atoms with E-state index in [1.165, 1.54) is 12.0 Å². The number of rotatable bonds is 5. The molecule has 2 heterocycles. The van der Waals surface area contributed by atoms with Crippen LogP contribution in [-0.2, 0) is 20.9 Å². The van der Waals surface area contributed by atoms with E-state index in [1.807, 2.05) is 4.90 Å². The third-order valence-electron chi connectivity index (χ3n) is 4.48. The molecule has 0 spiro atoms. The topological polar surface area (TPSA) is 49.9 Å². The first-order valence-corrected chi connectivity index (χ1v) is 7.51. The van der Waals surface area contributed by atoms with E-state index in [9.17, 15) is 18.4 Å². The number of fused-ring (bicyclic) bond motifs is 1. The molecule has 2 amide bonds. The Balaban J connectivity index is 1.67. The zero-order valence-corrected chi connectivity index (χ0v) is 12.8. The van der Waals surface area contributed by atoms with Gasteiger partial charge in [0.15, 0.2) is 0 Å². The molecule has 2 aliphatic heterocycles. The molecular formula is C16H18F2N2O3. The van der Waals surface area contributed by atoms with Gasteiger partial charge in [-0.05, 0) is 18.2 Å². The van der Waals surface area contributed by atoms with E-state index in [4.69, 9.17) is 4.74 Å². The number of hydrogen-bond donors (Lipinski definition) is 0. The van der Waals surface area contributed by atoms with Crippen molar-refractivity contribution in [1.82, 2.24) is 9.80 Å². The van der Waals surface area contributed by atoms with Gasteiger partial charge >= 0.3 is 0 Å². The molecule has 1 aromatic rings. The molecule has 5 nitrogen and oxygen atoms in total. The second-order valence-corrected chi connectivity index (χ2v) is 5.96. The van der Waals surface area contributed by atoms with Crippen LogP contribution < -0.4 is 0 Å². The Morgan fingerprint density at radius 2 is 1.83 bits per heavy atom. The third-order valence-corrected chi connectivity index (χ3v) is 4.48. The summed E-state index contributed by atoms with van der Waals surface area (Å²) < 4.78 is 31.9. The van der Waals surface area contributed by atoms with Crippen LogP contribution in [0.5, 0.6) is 0 Å². The number of likely N-dealkylation sites (tertiary alicyclic amines) is 2. The second kappa shape index (κ2) is 6.33. The molecule has 23 heavy (non-hydrogen) atoms. The molecule has 0 aromatic heterocycles. The number of ether oxygens (including phenoxy) is 1. The van der Waals surface area contributed by atoms with Crippen molar-refractivity contribution in [3.63, 3.8) is 0 Å². The summed E-state index contributed by atoms with van der Waals surface area (Å²) in [6, 6.07) is 3.31. The minimum absolute atomic E-state index is 0.190. The van der Waals surface area contributed by atoms with E-state index in [2.05, 4.69) is 0 Å². The number of benzene rings is 1. The lowest BCUT2D eigenvalue weighted by atomic mass is 10.00. The Hall–Kier alpha value is -1.86. The molecular weight excluding hydrogens is 306 g/mol. The fourth-order valence-electron chi connectivity index (χ4n) is 3.33. The number of amides is 2. The largest absolute Gasteiger partial charge is 0.383 e. The van der Waals surface area contributed by atoms with Gasteiger partial charge in [-0.3, -0.25) is 19.4 Å². The maximum atomic E-state index is 13.7. The van der Waals surface area contributed by atoms with Crippen molar-refractivity contribution in [2.24, 2.45) is 11.8 Å². The Morgan fingerprint density at radius 3 is 2.43 bits per heavy atom. The van der Waals surface area contributed by atoms with Gasteiger partial charge in [0.05, 0.1) is 25.0 Å². The summed E-state index contributed by atoms with van der Waals surface area (Å²) in [6.45, 7) is 1.54. The van der Waals surface area contributed by atoms with Crippen LogP contribution in [0, 0.1) is 23.5 Å². The molecule has 124 valence electrons. The summed E-state index contributed by atoms with van der Waals surface area (Å²) in [6.07, 6.45) is 0. The van der Waals surface area contributed by atoms with Crippen molar-refractivity contribution in [3.8, 4) is 0 Å². The van der Waals surface area contributed by atoms with Gasteiger partial charge in [0, 0.05) is 32.3 Å². The molecule has 0 aliphatic carbocycles. The number of methoxy groups -OCH3 is 1. The van der Waals surface area contributed by atoms with Gasteiger partial charge in [0.1, 0.15) is 11.6 Å². The summed E-state index contributed by atoms with van der Waals surface area (Å²) >= 11 is 0. The van der Waals surface area contributed by atoms with Crippen molar-refractivity contribution in [1.29, 1.82) is 0 Å². The van der Waals surface area contributed by atoms with Gasteiger partial charge < -0.3 is 4.74 Å². The quantitative estimate of drug-likeness (QED) is 0.759. The van der Waals surface area contributed by atoms with Crippen LogP contribution in [-0.4, -0.2) is 55.0 Å². The van der Waals surface area contributed by atoms with Crippen molar-refractivity contribution in [2.75, 3.05) is 33.4 Å². The van der Waals surface area contributed by atoms with Crippen LogP contribution in [0.15, 0.2) is 18.2 Å². The fraction of sp³-hybridized carbons (Fsp3) is 0.500. The lowest BCUT2D eigenvalue weighted by Gasteiger charge is -2.20. The van der Waals surface area contributed by atoms with Crippen LogP contribution in [0.2, 0.25) is 0 Å². The molecule has 0 saturated carbocycles. The maximum absolute atomic E-state index is 13.7. The molecule has 0 radical (unpaired) electrons. The van der Waals surface area contributed by atoms with Crippen molar-refractivity contribution in [3.05, 3.63) is 35.4 Å². The number of halogens is 2. The first kappa shape index (κ1) is 16.0. The minimum Gasteiger partial charge on any atom is -0.383 e. The number of nitrogens with zero attached hydrogens (tertiary/aromatic N) is 2. The Bertz CT molecular complexity index is 614. The normalized spacial score (nSPS) is 24.6. The molecule has 2 atom stereocenters. The highest BCUT2D eigenvalue weighted by atomic mass is 19.1. The predicted octanol–water partition coefficient (Wildman–Crippen LogP) is 1.03. The van der Waals surface area contributed by atoms with Crippen LogP contribution in [0.4, 0.5) is 8.78 Å². The first-order valence-electron chi connectivity index (χ1n) is 7.51. The van der Waals surface area contributed by atoms with E-state index < -0.39 is 23.5 Å². The average Bonchev–Trinajstić information content (AvgIpc) is 3.02.